The Balaban J connectivity index is 2.34. The minimum atomic E-state index is -4.08. The van der Waals surface area contributed by atoms with Crippen LogP contribution in [0, 0.1) is 6.92 Å². The van der Waals surface area contributed by atoms with Crippen LogP contribution in [0.25, 0.3) is 0 Å². The fourth-order valence-corrected chi connectivity index (χ4v) is 3.24. The zero-order valence-electron chi connectivity index (χ0n) is 10.9. The molecule has 9 heteroatoms. The van der Waals surface area contributed by atoms with Gasteiger partial charge in [0.2, 0.25) is 10.0 Å². The molecule has 0 radical (unpaired) electrons. The number of aryl methyl sites for hydroxylation is 1. The second kappa shape index (κ2) is 5.84. The van der Waals surface area contributed by atoms with E-state index in [-0.39, 0.29) is 12.2 Å². The van der Waals surface area contributed by atoms with Gasteiger partial charge < -0.3 is 4.98 Å². The van der Waals surface area contributed by atoms with E-state index in [9.17, 15) is 18.0 Å². The number of hydrogen-bond donors (Lipinski definition) is 3. The highest BCUT2D eigenvalue weighted by Gasteiger charge is 2.22. The van der Waals surface area contributed by atoms with E-state index < -0.39 is 26.2 Å². The van der Waals surface area contributed by atoms with E-state index in [0.29, 0.717) is 10.6 Å². The quantitative estimate of drug-likeness (QED) is 0.758. The Bertz CT molecular complexity index is 886. The van der Waals surface area contributed by atoms with Crippen molar-refractivity contribution < 1.29 is 8.42 Å². The number of aromatic amines is 2. The van der Waals surface area contributed by atoms with Gasteiger partial charge in [0.05, 0.1) is 0 Å². The van der Waals surface area contributed by atoms with Crippen LogP contribution in [-0.2, 0) is 16.6 Å². The van der Waals surface area contributed by atoms with E-state index in [2.05, 4.69) is 9.71 Å². The molecule has 0 aliphatic heterocycles. The molecule has 7 nitrogen and oxygen atoms in total. The van der Waals surface area contributed by atoms with E-state index in [1.54, 1.807) is 24.3 Å². The van der Waals surface area contributed by atoms with E-state index in [0.717, 1.165) is 0 Å². The maximum Gasteiger partial charge on any atom is 0.325 e. The van der Waals surface area contributed by atoms with Crippen molar-refractivity contribution in [3.05, 3.63) is 61.4 Å². The first kappa shape index (κ1) is 15.5. The van der Waals surface area contributed by atoms with Crippen LogP contribution in [0.4, 0.5) is 0 Å². The lowest BCUT2D eigenvalue weighted by molar-refractivity contribution is 0.578. The van der Waals surface area contributed by atoms with Crippen molar-refractivity contribution in [3.8, 4) is 0 Å². The third kappa shape index (κ3) is 3.41. The molecule has 0 unspecified atom stereocenters. The highest BCUT2D eigenvalue weighted by molar-refractivity contribution is 7.89. The number of hydrogen-bond acceptors (Lipinski definition) is 4. The van der Waals surface area contributed by atoms with Crippen LogP contribution in [0.2, 0.25) is 5.02 Å². The van der Waals surface area contributed by atoms with Crippen molar-refractivity contribution in [1.82, 2.24) is 14.7 Å². The highest BCUT2D eigenvalue weighted by Crippen LogP contribution is 2.15. The predicted octanol–water partition coefficient (Wildman–Crippen LogP) is 0.504. The Morgan fingerprint density at radius 3 is 2.48 bits per heavy atom. The molecule has 2 aromatic rings. The first-order chi connectivity index (χ1) is 9.81. The number of nitrogens with one attached hydrogen (secondary N) is 3. The molecule has 2 rings (SSSR count). The van der Waals surface area contributed by atoms with Crippen LogP contribution in [0.1, 0.15) is 11.3 Å². The second-order valence-corrected chi connectivity index (χ2v) is 6.39. The van der Waals surface area contributed by atoms with Gasteiger partial charge in [-0.05, 0) is 18.6 Å². The summed E-state index contributed by atoms with van der Waals surface area (Å²) in [6.07, 6.45) is 0. The van der Waals surface area contributed by atoms with Crippen molar-refractivity contribution in [2.24, 2.45) is 0 Å². The summed E-state index contributed by atoms with van der Waals surface area (Å²) in [5, 5.41) is 0.410. The largest absolute Gasteiger partial charge is 0.325 e. The van der Waals surface area contributed by atoms with Gasteiger partial charge in [-0.1, -0.05) is 29.8 Å². The summed E-state index contributed by atoms with van der Waals surface area (Å²) in [5.41, 5.74) is -1.19. The lowest BCUT2D eigenvalue weighted by Crippen LogP contribution is -2.34. The van der Waals surface area contributed by atoms with E-state index in [4.69, 9.17) is 11.6 Å². The molecule has 1 aromatic heterocycles. The topological polar surface area (TPSA) is 112 Å². The molecule has 3 N–H and O–H groups in total. The van der Waals surface area contributed by atoms with Crippen molar-refractivity contribution in [2.45, 2.75) is 18.4 Å². The van der Waals surface area contributed by atoms with Gasteiger partial charge in [0.1, 0.15) is 0 Å². The average molecular weight is 330 g/mol. The number of benzene rings is 1. The van der Waals surface area contributed by atoms with E-state index in [1.807, 2.05) is 4.98 Å². The third-order valence-corrected chi connectivity index (χ3v) is 4.68. The minimum Gasteiger partial charge on any atom is -0.310 e. The first-order valence-corrected chi connectivity index (χ1v) is 7.73. The monoisotopic (exact) mass is 329 g/mol. The SMILES string of the molecule is Cc1[nH]c(=O)[nH]c(=O)c1S(=O)(=O)NCc1ccccc1Cl. The zero-order valence-corrected chi connectivity index (χ0v) is 12.5. The summed E-state index contributed by atoms with van der Waals surface area (Å²) in [6.45, 7) is 1.26. The fourth-order valence-electron chi connectivity index (χ4n) is 1.80. The first-order valence-electron chi connectivity index (χ1n) is 5.87. The Kier molecular flexibility index (Phi) is 4.31. The van der Waals surface area contributed by atoms with Crippen molar-refractivity contribution in [2.75, 3.05) is 0 Å². The number of aromatic nitrogens is 2. The maximum atomic E-state index is 12.2. The third-order valence-electron chi connectivity index (χ3n) is 2.75. The van der Waals surface area contributed by atoms with Gasteiger partial charge in [0.15, 0.2) is 4.90 Å². The van der Waals surface area contributed by atoms with Gasteiger partial charge in [-0.15, -0.1) is 0 Å². The van der Waals surface area contributed by atoms with E-state index >= 15 is 0 Å². The summed E-state index contributed by atoms with van der Waals surface area (Å²) in [4.78, 5) is 26.3. The average Bonchev–Trinajstić information content (AvgIpc) is 2.36. The number of H-pyrrole nitrogens is 2. The second-order valence-electron chi connectivity index (χ2n) is 4.28. The summed E-state index contributed by atoms with van der Waals surface area (Å²) in [5.74, 6) is 0. The lowest BCUT2D eigenvalue weighted by Gasteiger charge is -2.09. The van der Waals surface area contributed by atoms with Gasteiger partial charge in [-0.25, -0.2) is 17.9 Å². The molecule has 0 spiro atoms. The normalized spacial score (nSPS) is 11.5. The van der Waals surface area contributed by atoms with E-state index in [1.165, 1.54) is 6.92 Å². The van der Waals surface area contributed by atoms with Gasteiger partial charge in [0, 0.05) is 17.3 Å². The highest BCUT2D eigenvalue weighted by atomic mass is 35.5. The minimum absolute atomic E-state index is 0.0320. The number of sulfonamides is 1. The molecule has 0 bridgehead atoms. The molecule has 0 aliphatic rings. The van der Waals surface area contributed by atoms with Crippen LogP contribution >= 0.6 is 11.6 Å². The number of halogens is 1. The zero-order chi connectivity index (χ0) is 15.6. The summed E-state index contributed by atoms with van der Waals surface area (Å²) >= 11 is 5.93. The van der Waals surface area contributed by atoms with Gasteiger partial charge in [-0.3, -0.25) is 9.78 Å². The van der Waals surface area contributed by atoms with Gasteiger partial charge in [-0.2, -0.15) is 0 Å². The summed E-state index contributed by atoms with van der Waals surface area (Å²) < 4.78 is 26.6. The maximum absolute atomic E-state index is 12.2. The van der Waals surface area contributed by atoms with Crippen molar-refractivity contribution in [3.63, 3.8) is 0 Å². The molecule has 0 atom stereocenters. The van der Waals surface area contributed by atoms with Crippen LogP contribution in [0.15, 0.2) is 38.8 Å². The van der Waals surface area contributed by atoms with Crippen LogP contribution in [-0.4, -0.2) is 18.4 Å². The van der Waals surface area contributed by atoms with Crippen LogP contribution < -0.4 is 16.0 Å². The van der Waals surface area contributed by atoms with Gasteiger partial charge in [0.25, 0.3) is 5.56 Å². The Morgan fingerprint density at radius 1 is 1.19 bits per heavy atom. The van der Waals surface area contributed by atoms with Crippen LogP contribution in [0.5, 0.6) is 0 Å². The molecule has 21 heavy (non-hydrogen) atoms. The molecule has 1 heterocycles. The molecular formula is C12H12ClN3O4S. The Hall–Kier alpha value is -1.90. The molecule has 1 aromatic carbocycles. The van der Waals surface area contributed by atoms with Crippen molar-refractivity contribution >= 4 is 21.6 Å². The molecule has 0 amide bonds. The van der Waals surface area contributed by atoms with Gasteiger partial charge >= 0.3 is 5.69 Å². The smallest absolute Gasteiger partial charge is 0.310 e. The molecule has 0 aliphatic carbocycles. The summed E-state index contributed by atoms with van der Waals surface area (Å²) in [6, 6.07) is 6.72. The molecular weight excluding hydrogens is 318 g/mol. The van der Waals surface area contributed by atoms with Crippen LogP contribution in [0.3, 0.4) is 0 Å². The molecule has 0 saturated carbocycles. The number of rotatable bonds is 4. The molecule has 112 valence electrons. The molecule has 0 saturated heterocycles. The summed E-state index contributed by atoms with van der Waals surface area (Å²) in [7, 11) is -4.08. The Morgan fingerprint density at radius 2 is 1.86 bits per heavy atom. The standard InChI is InChI=1S/C12H12ClN3O4S/c1-7-10(11(17)16-12(18)15-7)21(19,20)14-6-8-4-2-3-5-9(8)13/h2-5,14H,6H2,1H3,(H2,15,16,17,18). The Labute approximate surface area is 125 Å². The molecule has 0 fully saturated rings. The fraction of sp³-hybridized carbons (Fsp3) is 0.167. The van der Waals surface area contributed by atoms with Crippen molar-refractivity contribution in [1.29, 1.82) is 0 Å². The lowest BCUT2D eigenvalue weighted by atomic mass is 10.2. The predicted molar refractivity (Wildman–Crippen MR) is 77.9 cm³/mol.